The third-order valence-electron chi connectivity index (χ3n) is 5.10. The molecule has 1 fully saturated rings. The number of carbonyl (C=O) groups is 3. The Morgan fingerprint density at radius 2 is 2.00 bits per heavy atom. The van der Waals surface area contributed by atoms with Crippen LogP contribution in [0.2, 0.25) is 0 Å². The summed E-state index contributed by atoms with van der Waals surface area (Å²) in [6, 6.07) is 10.2. The molecule has 0 aliphatic carbocycles. The summed E-state index contributed by atoms with van der Waals surface area (Å²) in [6.07, 6.45) is 1.60. The van der Waals surface area contributed by atoms with Crippen LogP contribution in [-0.4, -0.2) is 55.0 Å². The van der Waals surface area contributed by atoms with E-state index in [0.717, 1.165) is 12.8 Å². The van der Waals surface area contributed by atoms with Gasteiger partial charge in [-0.05, 0) is 43.2 Å². The molecule has 2 aromatic rings. The molecule has 3 amide bonds. The molecule has 2 aliphatic heterocycles. The minimum absolute atomic E-state index is 0.131. The number of hydrogen-bond acceptors (Lipinski definition) is 5. The van der Waals surface area contributed by atoms with Crippen molar-refractivity contribution in [3.63, 3.8) is 0 Å². The van der Waals surface area contributed by atoms with E-state index in [1.807, 2.05) is 0 Å². The van der Waals surface area contributed by atoms with Crippen LogP contribution in [0.15, 0.2) is 42.5 Å². The SMILES string of the molecule is O=C(NCCOc1cccc(F)c1)c1ccc2c(c1)C(=O)N(CC1CCCO1)C2=O. The van der Waals surface area contributed by atoms with Crippen LogP contribution >= 0.6 is 0 Å². The number of ether oxygens (including phenoxy) is 2. The molecule has 8 heteroatoms. The fraction of sp³-hybridized carbons (Fsp3) is 0.318. The molecule has 2 heterocycles. The summed E-state index contributed by atoms with van der Waals surface area (Å²) in [7, 11) is 0. The third-order valence-corrected chi connectivity index (χ3v) is 5.10. The number of nitrogens with one attached hydrogen (secondary N) is 1. The quantitative estimate of drug-likeness (QED) is 0.558. The van der Waals surface area contributed by atoms with Crippen LogP contribution in [0, 0.1) is 5.82 Å². The molecular weight excluding hydrogens is 391 g/mol. The van der Waals surface area contributed by atoms with E-state index in [9.17, 15) is 18.8 Å². The van der Waals surface area contributed by atoms with Crippen molar-refractivity contribution in [3.05, 3.63) is 65.0 Å². The minimum atomic E-state index is -0.408. The van der Waals surface area contributed by atoms with Crippen LogP contribution in [-0.2, 0) is 4.74 Å². The van der Waals surface area contributed by atoms with E-state index in [1.165, 1.54) is 41.3 Å². The molecule has 0 aromatic heterocycles. The Morgan fingerprint density at radius 1 is 1.17 bits per heavy atom. The van der Waals surface area contributed by atoms with Crippen LogP contribution in [0.1, 0.15) is 43.9 Å². The number of amides is 3. The van der Waals surface area contributed by atoms with Crippen molar-refractivity contribution < 1.29 is 28.2 Å². The van der Waals surface area contributed by atoms with E-state index in [0.29, 0.717) is 17.9 Å². The van der Waals surface area contributed by atoms with E-state index in [1.54, 1.807) is 6.07 Å². The average molecular weight is 412 g/mol. The van der Waals surface area contributed by atoms with Gasteiger partial charge in [-0.1, -0.05) is 6.07 Å². The second-order valence-electron chi connectivity index (χ2n) is 7.18. The van der Waals surface area contributed by atoms with Crippen molar-refractivity contribution in [1.29, 1.82) is 0 Å². The van der Waals surface area contributed by atoms with E-state index in [-0.39, 0.29) is 42.8 Å². The Bertz CT molecular complexity index is 987. The number of hydrogen-bond donors (Lipinski definition) is 1. The van der Waals surface area contributed by atoms with Crippen LogP contribution in [0.25, 0.3) is 0 Å². The van der Waals surface area contributed by atoms with Gasteiger partial charge in [0.1, 0.15) is 18.2 Å². The molecule has 4 rings (SSSR count). The maximum absolute atomic E-state index is 13.1. The lowest BCUT2D eigenvalue weighted by Gasteiger charge is -2.17. The highest BCUT2D eigenvalue weighted by molar-refractivity contribution is 6.22. The first-order valence-electron chi connectivity index (χ1n) is 9.81. The van der Waals surface area contributed by atoms with Crippen LogP contribution in [0.5, 0.6) is 5.75 Å². The fourth-order valence-corrected chi connectivity index (χ4v) is 3.58. The van der Waals surface area contributed by atoms with Crippen LogP contribution < -0.4 is 10.1 Å². The van der Waals surface area contributed by atoms with E-state index in [2.05, 4.69) is 5.32 Å². The number of nitrogens with zero attached hydrogens (tertiary/aromatic N) is 1. The zero-order chi connectivity index (χ0) is 21.1. The molecule has 1 atom stereocenters. The summed E-state index contributed by atoms with van der Waals surface area (Å²) in [4.78, 5) is 38.8. The summed E-state index contributed by atoms with van der Waals surface area (Å²) in [5, 5.41) is 2.68. The smallest absolute Gasteiger partial charge is 0.261 e. The van der Waals surface area contributed by atoms with Crippen molar-refractivity contribution in [3.8, 4) is 5.75 Å². The lowest BCUT2D eigenvalue weighted by molar-refractivity contribution is 0.0475. The highest BCUT2D eigenvalue weighted by Gasteiger charge is 2.37. The second-order valence-corrected chi connectivity index (χ2v) is 7.18. The first-order valence-corrected chi connectivity index (χ1v) is 9.81. The lowest BCUT2D eigenvalue weighted by atomic mass is 10.1. The molecule has 0 radical (unpaired) electrons. The van der Waals surface area contributed by atoms with Gasteiger partial charge in [0.25, 0.3) is 17.7 Å². The van der Waals surface area contributed by atoms with Gasteiger partial charge >= 0.3 is 0 Å². The molecule has 0 saturated carbocycles. The molecule has 1 N–H and O–H groups in total. The summed E-state index contributed by atoms with van der Waals surface area (Å²) in [6.45, 7) is 1.23. The summed E-state index contributed by atoms with van der Waals surface area (Å²) in [5.74, 6) is -1.19. The highest BCUT2D eigenvalue weighted by Crippen LogP contribution is 2.26. The lowest BCUT2D eigenvalue weighted by Crippen LogP contribution is -2.36. The van der Waals surface area contributed by atoms with Crippen molar-refractivity contribution in [2.75, 3.05) is 26.3 Å². The Labute approximate surface area is 172 Å². The second kappa shape index (κ2) is 8.62. The monoisotopic (exact) mass is 412 g/mol. The summed E-state index contributed by atoms with van der Waals surface area (Å²) in [5.41, 5.74) is 0.797. The molecule has 30 heavy (non-hydrogen) atoms. The zero-order valence-corrected chi connectivity index (χ0v) is 16.2. The number of benzene rings is 2. The number of fused-ring (bicyclic) bond motifs is 1. The van der Waals surface area contributed by atoms with Crippen molar-refractivity contribution in [2.45, 2.75) is 18.9 Å². The largest absolute Gasteiger partial charge is 0.492 e. The molecule has 2 aliphatic rings. The first kappa shape index (κ1) is 20.0. The van der Waals surface area contributed by atoms with Crippen molar-refractivity contribution in [1.82, 2.24) is 10.2 Å². The maximum atomic E-state index is 13.1. The molecule has 1 saturated heterocycles. The molecule has 2 aromatic carbocycles. The fourth-order valence-electron chi connectivity index (χ4n) is 3.58. The van der Waals surface area contributed by atoms with Crippen LogP contribution in [0.4, 0.5) is 4.39 Å². The summed E-state index contributed by atoms with van der Waals surface area (Å²) >= 11 is 0. The Balaban J connectivity index is 1.35. The molecule has 0 spiro atoms. The predicted molar refractivity (Wildman–Crippen MR) is 105 cm³/mol. The van der Waals surface area contributed by atoms with E-state index >= 15 is 0 Å². The zero-order valence-electron chi connectivity index (χ0n) is 16.2. The van der Waals surface area contributed by atoms with E-state index < -0.39 is 17.6 Å². The molecule has 1 unspecified atom stereocenters. The van der Waals surface area contributed by atoms with Gasteiger partial charge in [-0.15, -0.1) is 0 Å². The van der Waals surface area contributed by atoms with Gasteiger partial charge in [0, 0.05) is 18.2 Å². The standard InChI is InChI=1S/C22H21FN2O5/c23-15-3-1-4-16(12-15)30-10-8-24-20(26)14-6-7-18-19(11-14)22(28)25(21(18)27)13-17-5-2-9-29-17/h1,3-4,6-7,11-12,17H,2,5,8-10,13H2,(H,24,26). The number of carbonyl (C=O) groups excluding carboxylic acids is 3. The molecule has 7 nitrogen and oxygen atoms in total. The molecule has 0 bridgehead atoms. The van der Waals surface area contributed by atoms with Gasteiger partial charge in [-0.25, -0.2) is 4.39 Å². The van der Waals surface area contributed by atoms with Gasteiger partial charge in [0.05, 0.1) is 30.3 Å². The first-order chi connectivity index (χ1) is 14.5. The number of rotatable bonds is 7. The van der Waals surface area contributed by atoms with Crippen LogP contribution in [0.3, 0.4) is 0 Å². The molecular formula is C22H21FN2O5. The summed E-state index contributed by atoms with van der Waals surface area (Å²) < 4.78 is 24.0. The average Bonchev–Trinajstić information content (AvgIpc) is 3.34. The Morgan fingerprint density at radius 3 is 2.77 bits per heavy atom. The predicted octanol–water partition coefficient (Wildman–Crippen LogP) is 2.41. The Kier molecular flexibility index (Phi) is 5.76. The van der Waals surface area contributed by atoms with Gasteiger partial charge in [0.2, 0.25) is 0 Å². The molecule has 156 valence electrons. The van der Waals surface area contributed by atoms with Gasteiger partial charge in [-0.3, -0.25) is 19.3 Å². The van der Waals surface area contributed by atoms with Gasteiger partial charge < -0.3 is 14.8 Å². The normalized spacial score (nSPS) is 17.9. The van der Waals surface area contributed by atoms with Gasteiger partial charge in [-0.2, -0.15) is 0 Å². The van der Waals surface area contributed by atoms with Gasteiger partial charge in [0.15, 0.2) is 0 Å². The maximum Gasteiger partial charge on any atom is 0.261 e. The Hall–Kier alpha value is -3.26. The third kappa shape index (κ3) is 4.18. The highest BCUT2D eigenvalue weighted by atomic mass is 19.1. The minimum Gasteiger partial charge on any atom is -0.492 e. The van der Waals surface area contributed by atoms with Crippen molar-refractivity contribution in [2.24, 2.45) is 0 Å². The number of halogens is 1. The topological polar surface area (TPSA) is 84.9 Å². The van der Waals surface area contributed by atoms with E-state index in [4.69, 9.17) is 9.47 Å². The number of imide groups is 1. The van der Waals surface area contributed by atoms with Crippen molar-refractivity contribution >= 4 is 17.7 Å².